The number of nitrogens with one attached hydrogen (secondary N) is 2. The van der Waals surface area contributed by atoms with Crippen molar-refractivity contribution in [1.29, 1.82) is 0 Å². The minimum absolute atomic E-state index is 0.0235. The first kappa shape index (κ1) is 15.6. The van der Waals surface area contributed by atoms with Gasteiger partial charge in [-0.25, -0.2) is 13.1 Å². The Bertz CT molecular complexity index is 782. The van der Waals surface area contributed by atoms with Crippen LogP contribution < -0.4 is 15.0 Å². The Kier molecular flexibility index (Phi) is 4.66. The fourth-order valence-corrected chi connectivity index (χ4v) is 2.91. The number of sulfonamides is 1. The molecule has 1 aromatic heterocycles. The van der Waals surface area contributed by atoms with Crippen molar-refractivity contribution in [2.24, 2.45) is 0 Å². The van der Waals surface area contributed by atoms with Crippen LogP contribution >= 0.6 is 11.6 Å². The van der Waals surface area contributed by atoms with E-state index in [2.05, 4.69) is 9.71 Å². The first-order valence-electron chi connectivity index (χ1n) is 5.94. The molecule has 0 aliphatic carbocycles. The van der Waals surface area contributed by atoms with Crippen molar-refractivity contribution in [3.63, 3.8) is 0 Å². The van der Waals surface area contributed by atoms with Crippen LogP contribution in [0.5, 0.6) is 5.75 Å². The Morgan fingerprint density at radius 3 is 2.67 bits per heavy atom. The fraction of sp³-hybridized carbons (Fsp3) is 0.154. The molecular formula is C13H13ClN2O4S. The molecule has 8 heteroatoms. The van der Waals surface area contributed by atoms with Gasteiger partial charge in [0.2, 0.25) is 15.6 Å². The summed E-state index contributed by atoms with van der Waals surface area (Å²) in [6.45, 7) is -0.0235. The van der Waals surface area contributed by atoms with E-state index in [1.807, 2.05) is 0 Å². The van der Waals surface area contributed by atoms with E-state index in [9.17, 15) is 13.2 Å². The topological polar surface area (TPSA) is 88.3 Å². The molecule has 2 N–H and O–H groups in total. The first-order chi connectivity index (χ1) is 9.94. The van der Waals surface area contributed by atoms with Gasteiger partial charge in [-0.3, -0.25) is 4.79 Å². The van der Waals surface area contributed by atoms with E-state index in [4.69, 9.17) is 16.3 Å². The standard InChI is InChI=1S/C13H13ClN2O4S/c1-20-12-4-2-3-11(14)10(12)8-16-21(18,19)9-5-6-13(17)15-7-9/h2-7,16H,8H2,1H3,(H,15,17). The van der Waals surface area contributed by atoms with Crippen molar-refractivity contribution in [2.45, 2.75) is 11.4 Å². The monoisotopic (exact) mass is 328 g/mol. The predicted molar refractivity (Wildman–Crippen MR) is 79.1 cm³/mol. The second-order valence-electron chi connectivity index (χ2n) is 4.13. The summed E-state index contributed by atoms with van der Waals surface area (Å²) in [5.74, 6) is 0.492. The van der Waals surface area contributed by atoms with Crippen LogP contribution in [0, 0.1) is 0 Å². The van der Waals surface area contributed by atoms with Crippen LogP contribution in [-0.2, 0) is 16.6 Å². The minimum Gasteiger partial charge on any atom is -0.496 e. The highest BCUT2D eigenvalue weighted by molar-refractivity contribution is 7.89. The Morgan fingerprint density at radius 2 is 2.05 bits per heavy atom. The van der Waals surface area contributed by atoms with Crippen LogP contribution in [0.25, 0.3) is 0 Å². The average Bonchev–Trinajstić information content (AvgIpc) is 2.46. The number of pyridine rings is 1. The van der Waals surface area contributed by atoms with Gasteiger partial charge in [0, 0.05) is 29.4 Å². The maximum atomic E-state index is 12.1. The van der Waals surface area contributed by atoms with Gasteiger partial charge in [0.25, 0.3) is 0 Å². The number of aromatic amines is 1. The van der Waals surface area contributed by atoms with Gasteiger partial charge in [-0.1, -0.05) is 17.7 Å². The van der Waals surface area contributed by atoms with E-state index in [1.165, 1.54) is 13.2 Å². The highest BCUT2D eigenvalue weighted by Gasteiger charge is 2.16. The van der Waals surface area contributed by atoms with E-state index in [1.54, 1.807) is 18.2 Å². The van der Waals surface area contributed by atoms with Crippen LogP contribution in [0.3, 0.4) is 0 Å². The molecule has 2 rings (SSSR count). The van der Waals surface area contributed by atoms with Gasteiger partial charge < -0.3 is 9.72 Å². The molecule has 0 spiro atoms. The van der Waals surface area contributed by atoms with Gasteiger partial charge >= 0.3 is 0 Å². The zero-order valence-electron chi connectivity index (χ0n) is 11.1. The molecule has 1 aromatic carbocycles. The predicted octanol–water partition coefficient (Wildman–Crippen LogP) is 1.52. The molecule has 0 saturated carbocycles. The van der Waals surface area contributed by atoms with Crippen molar-refractivity contribution >= 4 is 21.6 Å². The quantitative estimate of drug-likeness (QED) is 0.871. The fourth-order valence-electron chi connectivity index (χ4n) is 1.72. The third-order valence-corrected chi connectivity index (χ3v) is 4.55. The van der Waals surface area contributed by atoms with Crippen molar-refractivity contribution in [1.82, 2.24) is 9.71 Å². The molecule has 0 aliphatic rings. The number of hydrogen-bond acceptors (Lipinski definition) is 4. The summed E-state index contributed by atoms with van der Waals surface area (Å²) in [6, 6.07) is 7.42. The molecule has 0 fully saturated rings. The summed E-state index contributed by atoms with van der Waals surface area (Å²) in [4.78, 5) is 13.2. The molecule has 0 bridgehead atoms. The first-order valence-corrected chi connectivity index (χ1v) is 7.80. The minimum atomic E-state index is -3.75. The largest absolute Gasteiger partial charge is 0.496 e. The second-order valence-corrected chi connectivity index (χ2v) is 6.31. The third kappa shape index (κ3) is 3.63. The molecule has 1 heterocycles. The smallest absolute Gasteiger partial charge is 0.247 e. The molecule has 0 atom stereocenters. The van der Waals surface area contributed by atoms with Gasteiger partial charge in [0.15, 0.2) is 0 Å². The summed E-state index contributed by atoms with van der Waals surface area (Å²) >= 11 is 6.04. The highest BCUT2D eigenvalue weighted by Crippen LogP contribution is 2.26. The molecule has 112 valence electrons. The number of H-pyrrole nitrogens is 1. The zero-order valence-corrected chi connectivity index (χ0v) is 12.7. The van der Waals surface area contributed by atoms with Crippen LogP contribution in [0.15, 0.2) is 46.2 Å². The van der Waals surface area contributed by atoms with Crippen molar-refractivity contribution < 1.29 is 13.2 Å². The number of hydrogen-bond donors (Lipinski definition) is 2. The molecule has 0 radical (unpaired) electrons. The van der Waals surface area contributed by atoms with Crippen molar-refractivity contribution in [3.05, 3.63) is 57.5 Å². The Balaban J connectivity index is 2.23. The van der Waals surface area contributed by atoms with E-state index >= 15 is 0 Å². The van der Waals surface area contributed by atoms with Crippen molar-refractivity contribution in [3.8, 4) is 5.75 Å². The highest BCUT2D eigenvalue weighted by atomic mass is 35.5. The molecule has 0 saturated heterocycles. The molecule has 2 aromatic rings. The summed E-state index contributed by atoms with van der Waals surface area (Å²) < 4.78 is 31.8. The van der Waals surface area contributed by atoms with E-state index in [0.717, 1.165) is 12.3 Å². The zero-order chi connectivity index (χ0) is 15.5. The number of methoxy groups -OCH3 is 1. The number of ether oxygens (including phenoxy) is 1. The third-order valence-electron chi connectivity index (χ3n) is 2.80. The molecule has 0 aliphatic heterocycles. The summed E-state index contributed by atoms with van der Waals surface area (Å²) in [7, 11) is -2.27. The maximum absolute atomic E-state index is 12.1. The Hall–Kier alpha value is -1.83. The number of rotatable bonds is 5. The molecule has 21 heavy (non-hydrogen) atoms. The lowest BCUT2D eigenvalue weighted by atomic mass is 10.2. The number of halogens is 1. The van der Waals surface area contributed by atoms with E-state index in [-0.39, 0.29) is 17.0 Å². The van der Waals surface area contributed by atoms with Crippen molar-refractivity contribution in [2.75, 3.05) is 7.11 Å². The van der Waals surface area contributed by atoms with Gasteiger partial charge in [-0.05, 0) is 18.2 Å². The van der Waals surface area contributed by atoms with Crippen LogP contribution in [0.2, 0.25) is 5.02 Å². The lowest BCUT2D eigenvalue weighted by Gasteiger charge is -2.11. The number of aromatic nitrogens is 1. The lowest BCUT2D eigenvalue weighted by molar-refractivity contribution is 0.409. The summed E-state index contributed by atoms with van der Waals surface area (Å²) in [6.07, 6.45) is 1.13. The van der Waals surface area contributed by atoms with E-state index in [0.29, 0.717) is 16.3 Å². The molecular weight excluding hydrogens is 316 g/mol. The van der Waals surface area contributed by atoms with Crippen LogP contribution in [-0.4, -0.2) is 20.5 Å². The van der Waals surface area contributed by atoms with Gasteiger partial charge in [-0.2, -0.15) is 0 Å². The van der Waals surface area contributed by atoms with Crippen LogP contribution in [0.4, 0.5) is 0 Å². The average molecular weight is 329 g/mol. The lowest BCUT2D eigenvalue weighted by Crippen LogP contribution is -2.24. The SMILES string of the molecule is COc1cccc(Cl)c1CNS(=O)(=O)c1ccc(=O)[nH]c1. The Labute approximate surface area is 126 Å². The van der Waals surface area contributed by atoms with Crippen LogP contribution in [0.1, 0.15) is 5.56 Å². The van der Waals surface area contributed by atoms with Gasteiger partial charge in [0.1, 0.15) is 5.75 Å². The maximum Gasteiger partial charge on any atom is 0.247 e. The number of benzene rings is 1. The van der Waals surface area contributed by atoms with Gasteiger partial charge in [-0.15, -0.1) is 0 Å². The normalized spacial score (nSPS) is 11.3. The second kappa shape index (κ2) is 6.30. The molecule has 0 amide bonds. The molecule has 6 nitrogen and oxygen atoms in total. The summed E-state index contributed by atoms with van der Waals surface area (Å²) in [5, 5.41) is 0.401. The molecule has 0 unspecified atom stereocenters. The Morgan fingerprint density at radius 1 is 1.29 bits per heavy atom. The summed E-state index contributed by atoms with van der Waals surface area (Å²) in [5.41, 5.74) is 0.163. The van der Waals surface area contributed by atoms with E-state index < -0.39 is 10.0 Å². The van der Waals surface area contributed by atoms with Gasteiger partial charge in [0.05, 0.1) is 12.0 Å².